The number of nitrogens with zero attached hydrogens (tertiary/aromatic N) is 1. The maximum atomic E-state index is 11.9. The first-order chi connectivity index (χ1) is 8.08. The van der Waals surface area contributed by atoms with Crippen molar-refractivity contribution < 1.29 is 19.1 Å². The molecule has 1 aliphatic carbocycles. The van der Waals surface area contributed by atoms with Crippen molar-refractivity contribution in [3.05, 3.63) is 12.0 Å². The highest BCUT2D eigenvalue weighted by atomic mass is 16.4. The molecule has 0 spiro atoms. The number of oxazole rings is 1. The summed E-state index contributed by atoms with van der Waals surface area (Å²) in [5, 5.41) is 11.5. The number of carbonyl (C=O) groups excluding carboxylic acids is 1. The topological polar surface area (TPSA) is 92.4 Å². The van der Waals surface area contributed by atoms with Gasteiger partial charge in [0.15, 0.2) is 0 Å². The lowest BCUT2D eigenvalue weighted by molar-refractivity contribution is -0.145. The van der Waals surface area contributed by atoms with E-state index in [2.05, 4.69) is 10.3 Å². The molecule has 0 saturated heterocycles. The van der Waals surface area contributed by atoms with Gasteiger partial charge in [-0.1, -0.05) is 6.42 Å². The predicted molar refractivity (Wildman–Crippen MR) is 58.3 cm³/mol. The van der Waals surface area contributed by atoms with Gasteiger partial charge in [0.25, 0.3) is 0 Å². The summed E-state index contributed by atoms with van der Waals surface area (Å²) in [6.07, 6.45) is 3.35. The monoisotopic (exact) mass is 238 g/mol. The Morgan fingerprint density at radius 1 is 1.47 bits per heavy atom. The van der Waals surface area contributed by atoms with Crippen molar-refractivity contribution >= 4 is 17.9 Å². The summed E-state index contributed by atoms with van der Waals surface area (Å²) >= 11 is 0. The molecule has 2 N–H and O–H groups in total. The van der Waals surface area contributed by atoms with Crippen LogP contribution in [0.5, 0.6) is 0 Å². The fourth-order valence-corrected chi connectivity index (χ4v) is 2.18. The Labute approximate surface area is 98.0 Å². The molecule has 0 aromatic carbocycles. The van der Waals surface area contributed by atoms with Gasteiger partial charge in [-0.05, 0) is 19.8 Å². The predicted octanol–water partition coefficient (Wildman–Crippen LogP) is 1.42. The first-order valence-electron chi connectivity index (χ1n) is 5.53. The number of nitrogens with one attached hydrogen (secondary N) is 1. The molecular weight excluding hydrogens is 224 g/mol. The number of aromatic nitrogens is 1. The van der Waals surface area contributed by atoms with Crippen LogP contribution in [0.4, 0.5) is 6.01 Å². The maximum Gasteiger partial charge on any atom is 0.307 e. The Hall–Kier alpha value is -1.85. The molecule has 2 rings (SSSR count). The van der Waals surface area contributed by atoms with Crippen LogP contribution in [0.25, 0.3) is 0 Å². The fourth-order valence-electron chi connectivity index (χ4n) is 2.18. The average molecular weight is 238 g/mol. The fraction of sp³-hybridized carbons (Fsp3) is 0.545. The van der Waals surface area contributed by atoms with Crippen LogP contribution in [0.3, 0.4) is 0 Å². The van der Waals surface area contributed by atoms with E-state index >= 15 is 0 Å². The van der Waals surface area contributed by atoms with Crippen LogP contribution >= 0.6 is 0 Å². The van der Waals surface area contributed by atoms with Crippen molar-refractivity contribution in [3.63, 3.8) is 0 Å². The summed E-state index contributed by atoms with van der Waals surface area (Å²) < 4.78 is 5.00. The first-order valence-corrected chi connectivity index (χ1v) is 5.53. The maximum absolute atomic E-state index is 11.9. The van der Waals surface area contributed by atoms with E-state index in [9.17, 15) is 9.59 Å². The largest absolute Gasteiger partial charge is 0.481 e. The van der Waals surface area contributed by atoms with E-state index in [1.165, 1.54) is 6.26 Å². The summed E-state index contributed by atoms with van der Waals surface area (Å²) in [6.45, 7) is 1.74. The van der Waals surface area contributed by atoms with Crippen molar-refractivity contribution in [2.45, 2.75) is 26.2 Å². The summed E-state index contributed by atoms with van der Waals surface area (Å²) in [7, 11) is 0. The molecule has 92 valence electrons. The van der Waals surface area contributed by atoms with Crippen LogP contribution in [0.1, 0.15) is 25.0 Å². The number of aliphatic carboxylic acids is 1. The second-order valence-electron chi connectivity index (χ2n) is 4.27. The molecule has 0 bridgehead atoms. The van der Waals surface area contributed by atoms with E-state index in [-0.39, 0.29) is 11.9 Å². The van der Waals surface area contributed by atoms with Crippen molar-refractivity contribution in [1.82, 2.24) is 4.98 Å². The molecule has 0 unspecified atom stereocenters. The Kier molecular flexibility index (Phi) is 3.12. The molecule has 1 aliphatic rings. The highest BCUT2D eigenvalue weighted by molar-refractivity contribution is 5.93. The zero-order valence-corrected chi connectivity index (χ0v) is 9.47. The van der Waals surface area contributed by atoms with Gasteiger partial charge < -0.3 is 9.52 Å². The van der Waals surface area contributed by atoms with E-state index in [4.69, 9.17) is 9.52 Å². The average Bonchev–Trinajstić information content (AvgIpc) is 2.86. The number of carboxylic acid groups (broad SMARTS) is 1. The van der Waals surface area contributed by atoms with Gasteiger partial charge in [0, 0.05) is 0 Å². The number of aryl methyl sites for hydroxylation is 1. The molecule has 0 aliphatic heterocycles. The molecular formula is C11H14N2O4. The summed E-state index contributed by atoms with van der Waals surface area (Å²) in [5.41, 5.74) is 0.668. The number of anilines is 1. The Bertz CT molecular complexity index is 440. The second-order valence-corrected chi connectivity index (χ2v) is 4.27. The van der Waals surface area contributed by atoms with E-state index in [1.807, 2.05) is 0 Å². The van der Waals surface area contributed by atoms with Crippen LogP contribution in [0, 0.1) is 18.8 Å². The van der Waals surface area contributed by atoms with Crippen LogP contribution in [0.15, 0.2) is 10.7 Å². The van der Waals surface area contributed by atoms with Crippen LogP contribution in [-0.2, 0) is 9.59 Å². The lowest BCUT2D eigenvalue weighted by atomic mass is 9.95. The molecule has 1 fully saturated rings. The highest BCUT2D eigenvalue weighted by Crippen LogP contribution is 2.32. The van der Waals surface area contributed by atoms with Crippen LogP contribution in [-0.4, -0.2) is 22.0 Å². The normalized spacial score (nSPS) is 23.6. The van der Waals surface area contributed by atoms with Crippen molar-refractivity contribution in [1.29, 1.82) is 0 Å². The number of carboxylic acids is 1. The summed E-state index contributed by atoms with van der Waals surface area (Å²) in [5.74, 6) is -2.31. The van der Waals surface area contributed by atoms with E-state index in [1.54, 1.807) is 6.92 Å². The summed E-state index contributed by atoms with van der Waals surface area (Å²) in [6, 6.07) is 0.128. The van der Waals surface area contributed by atoms with E-state index in [0.29, 0.717) is 18.5 Å². The number of hydrogen-bond acceptors (Lipinski definition) is 4. The van der Waals surface area contributed by atoms with Gasteiger partial charge in [0.2, 0.25) is 5.91 Å². The van der Waals surface area contributed by atoms with Gasteiger partial charge in [-0.25, -0.2) is 0 Å². The Morgan fingerprint density at radius 2 is 2.18 bits per heavy atom. The second kappa shape index (κ2) is 4.57. The van der Waals surface area contributed by atoms with Crippen molar-refractivity contribution in [2.24, 2.45) is 11.8 Å². The lowest BCUT2D eigenvalue weighted by Crippen LogP contribution is -2.30. The summed E-state index contributed by atoms with van der Waals surface area (Å²) in [4.78, 5) is 26.8. The van der Waals surface area contributed by atoms with Gasteiger partial charge in [-0.15, -0.1) is 0 Å². The van der Waals surface area contributed by atoms with Crippen LogP contribution in [0.2, 0.25) is 0 Å². The minimum atomic E-state index is -0.911. The molecule has 0 radical (unpaired) electrons. The lowest BCUT2D eigenvalue weighted by Gasteiger charge is -2.13. The molecule has 2 atom stereocenters. The number of amides is 1. The van der Waals surface area contributed by atoms with Crippen molar-refractivity contribution in [2.75, 3.05) is 5.32 Å². The van der Waals surface area contributed by atoms with Gasteiger partial charge in [0.1, 0.15) is 6.26 Å². The number of rotatable bonds is 3. The molecule has 6 heteroatoms. The van der Waals surface area contributed by atoms with Gasteiger partial charge in [-0.3, -0.25) is 14.9 Å². The zero-order chi connectivity index (χ0) is 12.4. The minimum Gasteiger partial charge on any atom is -0.481 e. The van der Waals surface area contributed by atoms with E-state index in [0.717, 1.165) is 6.42 Å². The van der Waals surface area contributed by atoms with Gasteiger partial charge in [0.05, 0.1) is 17.5 Å². The smallest absolute Gasteiger partial charge is 0.307 e. The molecule has 1 amide bonds. The quantitative estimate of drug-likeness (QED) is 0.830. The van der Waals surface area contributed by atoms with E-state index < -0.39 is 17.8 Å². The van der Waals surface area contributed by atoms with Crippen molar-refractivity contribution in [3.8, 4) is 0 Å². The minimum absolute atomic E-state index is 0.128. The molecule has 1 saturated carbocycles. The molecule has 1 aromatic heterocycles. The third-order valence-corrected chi connectivity index (χ3v) is 3.02. The van der Waals surface area contributed by atoms with Crippen LogP contribution < -0.4 is 5.32 Å². The zero-order valence-electron chi connectivity index (χ0n) is 9.47. The Morgan fingerprint density at radius 3 is 2.76 bits per heavy atom. The van der Waals surface area contributed by atoms with Gasteiger partial charge in [-0.2, -0.15) is 4.98 Å². The third kappa shape index (κ3) is 2.46. The highest BCUT2D eigenvalue weighted by Gasteiger charge is 2.38. The molecule has 1 aromatic rings. The molecule has 17 heavy (non-hydrogen) atoms. The molecule has 1 heterocycles. The number of carbonyl (C=O) groups is 2. The first kappa shape index (κ1) is 11.6. The SMILES string of the molecule is Cc1coc(NC(=O)[C@@H]2CCC[C@@H]2C(=O)O)n1. The standard InChI is InChI=1S/C11H14N2O4/c1-6-5-17-11(12-6)13-9(14)7-3-2-4-8(7)10(15)16/h5,7-8H,2-4H2,1H3,(H,15,16)(H,12,13,14)/t7-,8+/m1/s1. The Balaban J connectivity index is 2.02. The molecule has 6 nitrogen and oxygen atoms in total. The van der Waals surface area contributed by atoms with Gasteiger partial charge >= 0.3 is 12.0 Å². The number of hydrogen-bond donors (Lipinski definition) is 2. The third-order valence-electron chi connectivity index (χ3n) is 3.02.